The molecule has 1 aliphatic rings. The molecule has 2 aromatic carbocycles. The van der Waals surface area contributed by atoms with Crippen molar-refractivity contribution in [2.45, 2.75) is 19.2 Å². The standard InChI is InChI=1S/C17H16I2N2O2/c18-13-8-12(17-20-7-6-15(22)21-17)9-14(19)16(13)23-10-11-4-2-1-3-5-11/h1-5,8-9,17,20H,6-7,10H2,(H,21,22)/t17-/m1/s1. The normalized spacial score (nSPS) is 17.7. The van der Waals surface area contributed by atoms with E-state index in [1.165, 1.54) is 0 Å². The highest BCUT2D eigenvalue weighted by molar-refractivity contribution is 14.1. The molecule has 6 heteroatoms. The minimum Gasteiger partial charge on any atom is -0.487 e. The molecular weight excluding hydrogens is 518 g/mol. The fourth-order valence-electron chi connectivity index (χ4n) is 2.43. The number of hydrogen-bond acceptors (Lipinski definition) is 3. The molecule has 0 saturated carbocycles. The van der Waals surface area contributed by atoms with Gasteiger partial charge in [-0.1, -0.05) is 30.3 Å². The Morgan fingerprint density at radius 1 is 1.13 bits per heavy atom. The maximum atomic E-state index is 11.6. The highest BCUT2D eigenvalue weighted by Gasteiger charge is 2.21. The lowest BCUT2D eigenvalue weighted by Crippen LogP contribution is -2.44. The van der Waals surface area contributed by atoms with Crippen LogP contribution in [0.4, 0.5) is 0 Å². The van der Waals surface area contributed by atoms with E-state index in [2.05, 4.69) is 80.1 Å². The lowest BCUT2D eigenvalue weighted by Gasteiger charge is -2.26. The van der Waals surface area contributed by atoms with Gasteiger partial charge < -0.3 is 10.1 Å². The van der Waals surface area contributed by atoms with Crippen molar-refractivity contribution in [1.29, 1.82) is 0 Å². The highest BCUT2D eigenvalue weighted by Crippen LogP contribution is 2.31. The second-order valence-electron chi connectivity index (χ2n) is 5.29. The Balaban J connectivity index is 1.76. The Labute approximate surface area is 162 Å². The zero-order chi connectivity index (χ0) is 16.2. The molecule has 1 aliphatic heterocycles. The second kappa shape index (κ2) is 7.80. The van der Waals surface area contributed by atoms with Gasteiger partial charge in [0, 0.05) is 13.0 Å². The van der Waals surface area contributed by atoms with Gasteiger partial charge in [0.1, 0.15) is 18.5 Å². The second-order valence-corrected chi connectivity index (χ2v) is 7.62. The number of halogens is 2. The predicted octanol–water partition coefficient (Wildman–Crippen LogP) is 3.58. The Morgan fingerprint density at radius 3 is 2.48 bits per heavy atom. The van der Waals surface area contributed by atoms with Crippen molar-refractivity contribution in [2.24, 2.45) is 0 Å². The Bertz CT molecular complexity index is 684. The quantitative estimate of drug-likeness (QED) is 0.591. The minimum absolute atomic E-state index is 0.0863. The molecule has 2 N–H and O–H groups in total. The van der Waals surface area contributed by atoms with E-state index < -0.39 is 0 Å². The minimum atomic E-state index is -0.124. The van der Waals surface area contributed by atoms with Crippen LogP contribution in [0.2, 0.25) is 0 Å². The fourth-order valence-corrected chi connectivity index (χ4v) is 4.56. The summed E-state index contributed by atoms with van der Waals surface area (Å²) in [4.78, 5) is 11.6. The van der Waals surface area contributed by atoms with Crippen LogP contribution < -0.4 is 15.4 Å². The van der Waals surface area contributed by atoms with Crippen LogP contribution in [0.3, 0.4) is 0 Å². The molecule has 0 aliphatic carbocycles. The molecule has 0 radical (unpaired) electrons. The van der Waals surface area contributed by atoms with Crippen LogP contribution in [-0.4, -0.2) is 12.5 Å². The van der Waals surface area contributed by atoms with E-state index in [0.717, 1.165) is 24.0 Å². The summed E-state index contributed by atoms with van der Waals surface area (Å²) in [5.74, 6) is 0.976. The van der Waals surface area contributed by atoms with Gasteiger partial charge >= 0.3 is 0 Å². The van der Waals surface area contributed by atoms with E-state index in [0.29, 0.717) is 19.6 Å². The van der Waals surface area contributed by atoms with Crippen LogP contribution in [0.15, 0.2) is 42.5 Å². The van der Waals surface area contributed by atoms with E-state index in [4.69, 9.17) is 4.74 Å². The molecule has 1 saturated heterocycles. The number of carbonyl (C=O) groups excluding carboxylic acids is 1. The topological polar surface area (TPSA) is 50.4 Å². The van der Waals surface area contributed by atoms with Crippen molar-refractivity contribution in [2.75, 3.05) is 6.54 Å². The van der Waals surface area contributed by atoms with Crippen LogP contribution in [0.5, 0.6) is 5.75 Å². The van der Waals surface area contributed by atoms with Gasteiger partial charge in [0.15, 0.2) is 0 Å². The molecular formula is C17H16I2N2O2. The summed E-state index contributed by atoms with van der Waals surface area (Å²) in [6.07, 6.45) is 0.407. The SMILES string of the molecule is O=C1CCN[C@@H](c2cc(I)c(OCc3ccccc3)c(I)c2)N1. The number of rotatable bonds is 4. The summed E-state index contributed by atoms with van der Waals surface area (Å²) in [6, 6.07) is 14.2. The smallest absolute Gasteiger partial charge is 0.222 e. The van der Waals surface area contributed by atoms with Gasteiger partial charge in [-0.05, 0) is 68.4 Å². The largest absolute Gasteiger partial charge is 0.487 e. The van der Waals surface area contributed by atoms with Gasteiger partial charge in [-0.25, -0.2) is 0 Å². The fraction of sp³-hybridized carbons (Fsp3) is 0.235. The molecule has 0 aromatic heterocycles. The monoisotopic (exact) mass is 534 g/mol. The summed E-state index contributed by atoms with van der Waals surface area (Å²) < 4.78 is 8.08. The molecule has 1 heterocycles. The molecule has 0 bridgehead atoms. The zero-order valence-electron chi connectivity index (χ0n) is 12.3. The van der Waals surface area contributed by atoms with Gasteiger partial charge in [0.25, 0.3) is 0 Å². The first kappa shape index (κ1) is 17.0. The van der Waals surface area contributed by atoms with Crippen molar-refractivity contribution in [1.82, 2.24) is 10.6 Å². The van der Waals surface area contributed by atoms with Crippen LogP contribution in [-0.2, 0) is 11.4 Å². The number of benzene rings is 2. The Kier molecular flexibility index (Phi) is 5.76. The molecule has 0 spiro atoms. The molecule has 1 atom stereocenters. The molecule has 3 rings (SSSR count). The third kappa shape index (κ3) is 4.36. The summed E-state index contributed by atoms with van der Waals surface area (Å²) in [5.41, 5.74) is 2.20. The predicted molar refractivity (Wildman–Crippen MR) is 106 cm³/mol. The van der Waals surface area contributed by atoms with E-state index in [1.807, 2.05) is 18.2 Å². The van der Waals surface area contributed by atoms with Gasteiger partial charge in [0.05, 0.1) is 7.14 Å². The zero-order valence-corrected chi connectivity index (χ0v) is 16.6. The summed E-state index contributed by atoms with van der Waals surface area (Å²) >= 11 is 4.57. The average molecular weight is 534 g/mol. The van der Waals surface area contributed by atoms with E-state index >= 15 is 0 Å². The molecule has 4 nitrogen and oxygen atoms in total. The first-order valence-corrected chi connectivity index (χ1v) is 9.47. The lowest BCUT2D eigenvalue weighted by atomic mass is 10.1. The maximum Gasteiger partial charge on any atom is 0.222 e. The van der Waals surface area contributed by atoms with E-state index in [-0.39, 0.29) is 12.1 Å². The Hall–Kier alpha value is -0.870. The third-order valence-electron chi connectivity index (χ3n) is 3.59. The molecule has 1 fully saturated rings. The Morgan fingerprint density at radius 2 is 1.83 bits per heavy atom. The third-order valence-corrected chi connectivity index (χ3v) is 5.19. The highest BCUT2D eigenvalue weighted by atomic mass is 127. The van der Waals surface area contributed by atoms with E-state index in [1.54, 1.807) is 0 Å². The van der Waals surface area contributed by atoms with Gasteiger partial charge in [0.2, 0.25) is 5.91 Å². The molecule has 2 aromatic rings. The maximum absolute atomic E-state index is 11.6. The van der Waals surface area contributed by atoms with Gasteiger partial charge in [-0.3, -0.25) is 10.1 Å². The summed E-state index contributed by atoms with van der Waals surface area (Å²) in [6.45, 7) is 1.25. The summed E-state index contributed by atoms with van der Waals surface area (Å²) in [7, 11) is 0. The summed E-state index contributed by atoms with van der Waals surface area (Å²) in [5, 5.41) is 6.28. The molecule has 23 heavy (non-hydrogen) atoms. The number of hydrogen-bond donors (Lipinski definition) is 2. The number of nitrogens with one attached hydrogen (secondary N) is 2. The van der Waals surface area contributed by atoms with Crippen molar-refractivity contribution >= 4 is 51.1 Å². The van der Waals surface area contributed by atoms with Crippen LogP contribution in [0.25, 0.3) is 0 Å². The van der Waals surface area contributed by atoms with Crippen molar-refractivity contribution in [3.05, 3.63) is 60.7 Å². The first-order valence-electron chi connectivity index (χ1n) is 7.32. The lowest BCUT2D eigenvalue weighted by molar-refractivity contribution is -0.123. The van der Waals surface area contributed by atoms with Crippen molar-refractivity contribution in [3.63, 3.8) is 0 Å². The van der Waals surface area contributed by atoms with E-state index in [9.17, 15) is 4.79 Å². The molecule has 1 amide bonds. The van der Waals surface area contributed by atoms with Crippen LogP contribution in [0.1, 0.15) is 23.7 Å². The molecule has 0 unspecified atom stereocenters. The number of ether oxygens (including phenoxy) is 1. The average Bonchev–Trinajstić information content (AvgIpc) is 2.55. The van der Waals surface area contributed by atoms with Crippen LogP contribution >= 0.6 is 45.2 Å². The van der Waals surface area contributed by atoms with Crippen LogP contribution in [0, 0.1) is 7.14 Å². The first-order chi connectivity index (χ1) is 11.1. The number of carbonyl (C=O) groups is 1. The van der Waals surface area contributed by atoms with Gasteiger partial charge in [-0.2, -0.15) is 0 Å². The van der Waals surface area contributed by atoms with Crippen molar-refractivity contribution < 1.29 is 9.53 Å². The number of amides is 1. The van der Waals surface area contributed by atoms with Crippen molar-refractivity contribution in [3.8, 4) is 5.75 Å². The van der Waals surface area contributed by atoms with Gasteiger partial charge in [-0.15, -0.1) is 0 Å². The molecule has 120 valence electrons.